The summed E-state index contributed by atoms with van der Waals surface area (Å²) < 4.78 is 0. The Bertz CT molecular complexity index is 1100. The highest BCUT2D eigenvalue weighted by molar-refractivity contribution is 5.98. The Hall–Kier alpha value is -3.64. The molecule has 0 aliphatic carbocycles. The van der Waals surface area contributed by atoms with Gasteiger partial charge in [0.25, 0.3) is 0 Å². The Labute approximate surface area is 195 Å². The summed E-state index contributed by atoms with van der Waals surface area (Å²) in [5, 5.41) is 3.00. The molecule has 3 N–H and O–H groups in total. The number of anilines is 2. The van der Waals surface area contributed by atoms with E-state index < -0.39 is 12.1 Å². The summed E-state index contributed by atoms with van der Waals surface area (Å²) in [4.78, 5) is 30.2. The van der Waals surface area contributed by atoms with Gasteiger partial charge in [-0.25, -0.2) is 0 Å². The van der Waals surface area contributed by atoms with Gasteiger partial charge in [0.05, 0.1) is 0 Å². The summed E-state index contributed by atoms with van der Waals surface area (Å²) in [7, 11) is 3.78. The number of likely N-dealkylation sites (N-methyl/N-ethyl adjacent to an activating group) is 1. The molecule has 1 aliphatic rings. The summed E-state index contributed by atoms with van der Waals surface area (Å²) in [6, 6.07) is 24.2. The molecule has 0 unspecified atom stereocenters. The lowest BCUT2D eigenvalue weighted by Gasteiger charge is -2.31. The van der Waals surface area contributed by atoms with Crippen LogP contribution in [0.3, 0.4) is 0 Å². The van der Waals surface area contributed by atoms with E-state index in [2.05, 4.69) is 5.32 Å². The van der Waals surface area contributed by atoms with Gasteiger partial charge >= 0.3 is 0 Å². The fourth-order valence-electron chi connectivity index (χ4n) is 4.40. The fourth-order valence-corrected chi connectivity index (χ4v) is 4.40. The van der Waals surface area contributed by atoms with Gasteiger partial charge in [0, 0.05) is 17.9 Å². The first kappa shape index (κ1) is 22.6. The topological polar surface area (TPSA) is 78.7 Å². The Morgan fingerprint density at radius 3 is 2.15 bits per heavy atom. The van der Waals surface area contributed by atoms with Crippen molar-refractivity contribution in [1.82, 2.24) is 9.80 Å². The molecule has 1 aliphatic heterocycles. The molecule has 3 aromatic carbocycles. The molecule has 170 valence electrons. The van der Waals surface area contributed by atoms with Gasteiger partial charge in [-0.15, -0.1) is 0 Å². The van der Waals surface area contributed by atoms with Crippen molar-refractivity contribution in [3.63, 3.8) is 0 Å². The second kappa shape index (κ2) is 9.88. The number of nitrogen functional groups attached to an aromatic ring is 1. The zero-order valence-electron chi connectivity index (χ0n) is 19.1. The average molecular weight is 443 g/mol. The molecule has 6 heteroatoms. The molecule has 2 amide bonds. The van der Waals surface area contributed by atoms with Crippen LogP contribution in [0.1, 0.15) is 24.4 Å². The smallest absolute Gasteiger partial charge is 0.247 e. The second-order valence-corrected chi connectivity index (χ2v) is 8.66. The third-order valence-electron chi connectivity index (χ3n) is 6.10. The average Bonchev–Trinajstić information content (AvgIpc) is 3.31. The van der Waals surface area contributed by atoms with Crippen molar-refractivity contribution in [3.8, 4) is 11.1 Å². The molecule has 1 heterocycles. The van der Waals surface area contributed by atoms with E-state index in [9.17, 15) is 9.59 Å². The van der Waals surface area contributed by atoms with E-state index in [0.717, 1.165) is 28.8 Å². The Kier molecular flexibility index (Phi) is 6.75. The lowest BCUT2D eigenvalue weighted by Crippen LogP contribution is -2.47. The maximum atomic E-state index is 13.5. The van der Waals surface area contributed by atoms with Crippen LogP contribution in [0.5, 0.6) is 0 Å². The van der Waals surface area contributed by atoms with Crippen LogP contribution in [-0.2, 0) is 9.59 Å². The highest BCUT2D eigenvalue weighted by Crippen LogP contribution is 2.28. The number of carbonyl (C=O) groups is 2. The fraction of sp³-hybridized carbons (Fsp3) is 0.259. The van der Waals surface area contributed by atoms with Crippen LogP contribution < -0.4 is 11.1 Å². The van der Waals surface area contributed by atoms with Gasteiger partial charge in [-0.3, -0.25) is 14.5 Å². The van der Waals surface area contributed by atoms with Crippen molar-refractivity contribution in [2.24, 2.45) is 0 Å². The molecule has 3 aromatic rings. The number of hydrogen-bond donors (Lipinski definition) is 2. The van der Waals surface area contributed by atoms with Gasteiger partial charge in [0.1, 0.15) is 12.1 Å². The summed E-state index contributed by atoms with van der Waals surface area (Å²) in [5.74, 6) is -0.186. The van der Waals surface area contributed by atoms with Crippen molar-refractivity contribution in [2.45, 2.75) is 24.9 Å². The van der Waals surface area contributed by atoms with Crippen LogP contribution in [-0.4, -0.2) is 48.3 Å². The van der Waals surface area contributed by atoms with Crippen LogP contribution in [0.2, 0.25) is 0 Å². The van der Waals surface area contributed by atoms with Gasteiger partial charge in [0.2, 0.25) is 11.8 Å². The molecule has 1 saturated heterocycles. The van der Waals surface area contributed by atoms with Crippen molar-refractivity contribution in [1.29, 1.82) is 0 Å². The van der Waals surface area contributed by atoms with Crippen LogP contribution >= 0.6 is 0 Å². The van der Waals surface area contributed by atoms with E-state index in [1.807, 2.05) is 97.9 Å². The van der Waals surface area contributed by atoms with E-state index in [4.69, 9.17) is 5.73 Å². The van der Waals surface area contributed by atoms with E-state index >= 15 is 0 Å². The van der Waals surface area contributed by atoms with Gasteiger partial charge in [-0.2, -0.15) is 0 Å². The largest absolute Gasteiger partial charge is 0.399 e. The predicted molar refractivity (Wildman–Crippen MR) is 133 cm³/mol. The standard InChI is InChI=1S/C27H30N4O2/c1-30(2)25(21-7-4-3-5-8-21)27(33)31-18-6-9-24(31)26(32)29-23-16-12-20(13-17-23)19-10-14-22(28)15-11-19/h3-5,7-8,10-17,24-25H,6,9,18,28H2,1-2H3,(H,29,32)/t24-,25+/m0/s1. The Morgan fingerprint density at radius 2 is 1.55 bits per heavy atom. The maximum absolute atomic E-state index is 13.5. The third kappa shape index (κ3) is 5.07. The first-order valence-corrected chi connectivity index (χ1v) is 11.2. The molecule has 0 saturated carbocycles. The number of nitrogens with zero attached hydrogens (tertiary/aromatic N) is 2. The number of amides is 2. The second-order valence-electron chi connectivity index (χ2n) is 8.66. The summed E-state index contributed by atoms with van der Waals surface area (Å²) in [5.41, 5.74) is 10.2. The molecule has 0 radical (unpaired) electrons. The molecule has 1 fully saturated rings. The van der Waals surface area contributed by atoms with Crippen molar-refractivity contribution >= 4 is 23.2 Å². The van der Waals surface area contributed by atoms with Crippen LogP contribution in [0.4, 0.5) is 11.4 Å². The highest BCUT2D eigenvalue weighted by atomic mass is 16.2. The number of nitrogens with one attached hydrogen (secondary N) is 1. The zero-order chi connectivity index (χ0) is 23.4. The molecule has 6 nitrogen and oxygen atoms in total. The predicted octanol–water partition coefficient (Wildman–Crippen LogP) is 4.17. The quantitative estimate of drug-likeness (QED) is 0.562. The maximum Gasteiger partial charge on any atom is 0.247 e. The van der Waals surface area contributed by atoms with Gasteiger partial charge in [-0.1, -0.05) is 54.6 Å². The van der Waals surface area contributed by atoms with Gasteiger partial charge in [-0.05, 0) is 67.9 Å². The van der Waals surface area contributed by atoms with Crippen LogP contribution in [0.25, 0.3) is 11.1 Å². The van der Waals surface area contributed by atoms with E-state index in [1.54, 1.807) is 4.90 Å². The molecule has 33 heavy (non-hydrogen) atoms. The lowest BCUT2D eigenvalue weighted by atomic mass is 10.0. The minimum atomic E-state index is -0.472. The normalized spacial score (nSPS) is 16.6. The van der Waals surface area contributed by atoms with E-state index in [0.29, 0.717) is 18.7 Å². The molecule has 2 atom stereocenters. The van der Waals surface area contributed by atoms with Crippen molar-refractivity contribution in [3.05, 3.63) is 84.4 Å². The van der Waals surface area contributed by atoms with E-state index in [1.165, 1.54) is 0 Å². The summed E-state index contributed by atoms with van der Waals surface area (Å²) in [6.07, 6.45) is 1.48. The highest BCUT2D eigenvalue weighted by Gasteiger charge is 2.38. The van der Waals surface area contributed by atoms with Crippen LogP contribution in [0, 0.1) is 0 Å². The van der Waals surface area contributed by atoms with E-state index in [-0.39, 0.29) is 11.8 Å². The number of likely N-dealkylation sites (tertiary alicyclic amines) is 1. The number of rotatable bonds is 6. The minimum Gasteiger partial charge on any atom is -0.399 e. The lowest BCUT2D eigenvalue weighted by molar-refractivity contribution is -0.140. The monoisotopic (exact) mass is 442 g/mol. The molecular formula is C27H30N4O2. The zero-order valence-corrected chi connectivity index (χ0v) is 19.1. The van der Waals surface area contributed by atoms with Gasteiger partial charge in [0.15, 0.2) is 0 Å². The number of carbonyl (C=O) groups excluding carboxylic acids is 2. The summed E-state index contributed by atoms with van der Waals surface area (Å²) in [6.45, 7) is 0.587. The molecule has 0 bridgehead atoms. The molecule has 0 aromatic heterocycles. The Balaban J connectivity index is 1.46. The number of nitrogens with two attached hydrogens (primary N) is 1. The van der Waals surface area contributed by atoms with Crippen molar-refractivity contribution < 1.29 is 9.59 Å². The van der Waals surface area contributed by atoms with Gasteiger partial charge < -0.3 is 16.0 Å². The molecular weight excluding hydrogens is 412 g/mol. The number of hydrogen-bond acceptors (Lipinski definition) is 4. The van der Waals surface area contributed by atoms with Crippen LogP contribution in [0.15, 0.2) is 78.9 Å². The summed E-state index contributed by atoms with van der Waals surface area (Å²) >= 11 is 0. The first-order chi connectivity index (χ1) is 15.9. The van der Waals surface area contributed by atoms with Crippen molar-refractivity contribution in [2.75, 3.05) is 31.7 Å². The Morgan fingerprint density at radius 1 is 0.939 bits per heavy atom. The SMILES string of the molecule is CN(C)[C@@H](C(=O)N1CCC[C@H]1C(=O)Nc1ccc(-c2ccc(N)cc2)cc1)c1ccccc1. The number of benzene rings is 3. The third-order valence-corrected chi connectivity index (χ3v) is 6.10. The molecule has 4 rings (SSSR count). The first-order valence-electron chi connectivity index (χ1n) is 11.2. The molecule has 0 spiro atoms. The minimum absolute atomic E-state index is 0.0393.